The van der Waals surface area contributed by atoms with Crippen LogP contribution in [-0.4, -0.2) is 34.2 Å². The quantitative estimate of drug-likeness (QED) is 0.118. The molecule has 0 unspecified atom stereocenters. The van der Waals surface area contributed by atoms with Crippen LogP contribution in [0.2, 0.25) is 0 Å². The second-order valence-corrected chi connectivity index (χ2v) is 17.5. The maximum Gasteiger partial charge on any atom is 0.306 e. The highest BCUT2D eigenvalue weighted by Crippen LogP contribution is 2.51. The Morgan fingerprint density at radius 1 is 0.323 bits per heavy atom. The van der Waals surface area contributed by atoms with Gasteiger partial charge in [-0.3, -0.25) is 18.7 Å². The minimum atomic E-state index is -4.48. The molecule has 0 saturated carbocycles. The van der Waals surface area contributed by atoms with E-state index in [0.29, 0.717) is 33.8 Å². The molecule has 0 saturated heterocycles. The van der Waals surface area contributed by atoms with E-state index in [2.05, 4.69) is 0 Å². The van der Waals surface area contributed by atoms with E-state index in [1.165, 1.54) is 0 Å². The third kappa shape index (κ3) is 7.27. The van der Waals surface area contributed by atoms with Crippen LogP contribution in [-0.2, 0) is 4.57 Å². The van der Waals surface area contributed by atoms with Gasteiger partial charge in [-0.15, -0.1) is 0 Å². The van der Waals surface area contributed by atoms with Gasteiger partial charge in [0.05, 0.1) is 11.0 Å². The van der Waals surface area contributed by atoms with Crippen molar-refractivity contribution in [2.75, 3.05) is 9.80 Å². The molecule has 0 spiro atoms. The fourth-order valence-electron chi connectivity index (χ4n) is 8.15. The van der Waals surface area contributed by atoms with Gasteiger partial charge >= 0.3 is 7.29 Å². The van der Waals surface area contributed by atoms with Gasteiger partial charge in [-0.1, -0.05) is 170 Å². The number of nitrogens with zero attached hydrogens (tertiary/aromatic N) is 9. The Bertz CT molecular complexity index is 3160. The summed E-state index contributed by atoms with van der Waals surface area (Å²) in [7, 11) is -4.48. The Kier molecular flexibility index (Phi) is 10.2. The van der Waals surface area contributed by atoms with E-state index in [0.717, 1.165) is 33.5 Å². The van der Waals surface area contributed by atoms with Crippen molar-refractivity contribution >= 4 is 74.9 Å². The predicted octanol–water partition coefficient (Wildman–Crippen LogP) is 12.2. The van der Waals surface area contributed by atoms with Crippen molar-refractivity contribution in [3.8, 4) is 22.8 Å². The Morgan fingerprint density at radius 3 is 0.954 bits per heavy atom. The monoisotopic (exact) mass is 859 g/mol. The maximum absolute atomic E-state index is 17.8. The molecule has 0 aliphatic rings. The zero-order valence-corrected chi connectivity index (χ0v) is 35.7. The SMILES string of the molecule is O=P(c1nc(-c2ccccc2)nc(N(c2ccccc2)c2ccccc2)n1)(c1nc(-c2ccccc2)nc(N(c2ccccc2)c2ccccc2)n1)n1c2ccccc2c2ccccc21. The van der Waals surface area contributed by atoms with Gasteiger partial charge in [-0.05, 0) is 60.7 Å². The Labute approximate surface area is 375 Å². The molecule has 0 atom stereocenters. The molecule has 0 N–H and O–H groups in total. The van der Waals surface area contributed by atoms with E-state index in [-0.39, 0.29) is 23.0 Å². The van der Waals surface area contributed by atoms with Crippen LogP contribution < -0.4 is 20.9 Å². The van der Waals surface area contributed by atoms with Crippen molar-refractivity contribution in [3.63, 3.8) is 0 Å². The lowest BCUT2D eigenvalue weighted by molar-refractivity contribution is 0.580. The van der Waals surface area contributed by atoms with Gasteiger partial charge in [-0.25, -0.2) is 9.97 Å². The molecular formula is C54H38N9OP. The molecule has 0 aliphatic carbocycles. The van der Waals surface area contributed by atoms with E-state index in [1.807, 2.05) is 245 Å². The van der Waals surface area contributed by atoms with Crippen LogP contribution >= 0.6 is 7.29 Å². The van der Waals surface area contributed by atoms with Gasteiger partial charge < -0.3 is 0 Å². The highest BCUT2D eigenvalue weighted by Gasteiger charge is 2.42. The Balaban J connectivity index is 1.28. The van der Waals surface area contributed by atoms with Crippen molar-refractivity contribution in [1.29, 1.82) is 0 Å². The Hall–Kier alpha value is -8.59. The molecule has 8 aromatic carbocycles. The standard InChI is InChI=1S/C54H38N9OP/c64-65(63-47-37-21-19-35-45(47)46-36-20-22-38-48(46)63,53-57-49(39-23-7-1-8-24-39)55-51(59-53)61(41-27-11-3-12-28-41)42-29-13-4-14-30-42)54-58-50(40-25-9-2-10-26-40)56-52(60-54)62(43-31-15-5-16-32-43)44-33-17-6-18-34-44/h1-38H. The number of hydrogen-bond acceptors (Lipinski definition) is 9. The molecule has 3 heterocycles. The van der Waals surface area contributed by atoms with Gasteiger partial charge in [0.2, 0.25) is 23.0 Å². The summed E-state index contributed by atoms with van der Waals surface area (Å²) in [6.45, 7) is 0. The van der Waals surface area contributed by atoms with Crippen molar-refractivity contribution in [1.82, 2.24) is 34.2 Å². The lowest BCUT2D eigenvalue weighted by Gasteiger charge is -2.27. The van der Waals surface area contributed by atoms with Crippen LogP contribution in [0.4, 0.5) is 34.6 Å². The van der Waals surface area contributed by atoms with Crippen LogP contribution in [0.5, 0.6) is 0 Å². The largest absolute Gasteiger partial charge is 0.306 e. The topological polar surface area (TPSA) is 106 Å². The van der Waals surface area contributed by atoms with Crippen molar-refractivity contribution in [2.45, 2.75) is 0 Å². The molecule has 10 nitrogen and oxygen atoms in total. The molecule has 0 radical (unpaired) electrons. The summed E-state index contributed by atoms with van der Waals surface area (Å²) < 4.78 is 19.6. The van der Waals surface area contributed by atoms with Gasteiger partial charge in [-0.2, -0.15) is 19.9 Å². The molecular weight excluding hydrogens is 822 g/mol. The van der Waals surface area contributed by atoms with Gasteiger partial charge in [0.1, 0.15) is 0 Å². The average Bonchev–Trinajstić information content (AvgIpc) is 3.73. The Morgan fingerprint density at radius 2 is 0.615 bits per heavy atom. The summed E-state index contributed by atoms with van der Waals surface area (Å²) in [5, 5.41) is 1.81. The number of hydrogen-bond donors (Lipinski definition) is 0. The minimum absolute atomic E-state index is 0.00754. The third-order valence-corrected chi connectivity index (χ3v) is 13.6. The molecule has 0 aliphatic heterocycles. The first-order valence-corrected chi connectivity index (χ1v) is 22.8. The lowest BCUT2D eigenvalue weighted by atomic mass is 10.2. The minimum Gasteiger partial charge on any atom is -0.283 e. The predicted molar refractivity (Wildman–Crippen MR) is 262 cm³/mol. The lowest BCUT2D eigenvalue weighted by Crippen LogP contribution is -2.33. The molecule has 11 aromatic rings. The second kappa shape index (κ2) is 16.9. The molecule has 0 amide bonds. The van der Waals surface area contributed by atoms with Gasteiger partial charge in [0.15, 0.2) is 11.6 Å². The zero-order chi connectivity index (χ0) is 43.6. The fraction of sp³-hybridized carbons (Fsp3) is 0. The van der Waals surface area contributed by atoms with Crippen LogP contribution in [0, 0.1) is 0 Å². The normalized spacial score (nSPS) is 11.4. The molecule has 65 heavy (non-hydrogen) atoms. The van der Waals surface area contributed by atoms with Crippen LogP contribution in [0.15, 0.2) is 231 Å². The summed E-state index contributed by atoms with van der Waals surface area (Å²) in [5.41, 5.74) is 6.03. The van der Waals surface area contributed by atoms with Gasteiger partial charge in [0, 0.05) is 44.6 Å². The number of aromatic nitrogens is 7. The summed E-state index contributed by atoms with van der Waals surface area (Å²) in [6.07, 6.45) is 0. The van der Waals surface area contributed by atoms with E-state index < -0.39 is 7.29 Å². The van der Waals surface area contributed by atoms with E-state index in [4.69, 9.17) is 29.9 Å². The first-order valence-electron chi connectivity index (χ1n) is 21.2. The number of benzene rings is 8. The van der Waals surface area contributed by atoms with Crippen LogP contribution in [0.3, 0.4) is 0 Å². The van der Waals surface area contributed by atoms with Crippen LogP contribution in [0.25, 0.3) is 44.6 Å². The number of rotatable bonds is 11. The molecule has 11 rings (SSSR count). The average molecular weight is 860 g/mol. The van der Waals surface area contributed by atoms with E-state index in [9.17, 15) is 0 Å². The maximum atomic E-state index is 17.8. The fourth-order valence-corrected chi connectivity index (χ4v) is 10.6. The summed E-state index contributed by atoms with van der Waals surface area (Å²) >= 11 is 0. The molecule has 11 heteroatoms. The summed E-state index contributed by atoms with van der Waals surface area (Å²) in [5.74, 6) is 1.19. The smallest absolute Gasteiger partial charge is 0.283 e. The molecule has 3 aromatic heterocycles. The van der Waals surface area contributed by atoms with E-state index in [1.54, 1.807) is 0 Å². The highest BCUT2D eigenvalue weighted by atomic mass is 31.2. The molecule has 0 fully saturated rings. The zero-order valence-electron chi connectivity index (χ0n) is 34.8. The summed E-state index contributed by atoms with van der Waals surface area (Å²) in [4.78, 5) is 35.4. The van der Waals surface area contributed by atoms with Crippen LogP contribution in [0.1, 0.15) is 0 Å². The third-order valence-electron chi connectivity index (χ3n) is 11.1. The van der Waals surface area contributed by atoms with Gasteiger partial charge in [0.25, 0.3) is 0 Å². The highest BCUT2D eigenvalue weighted by molar-refractivity contribution is 7.76. The van der Waals surface area contributed by atoms with Crippen molar-refractivity contribution in [3.05, 3.63) is 231 Å². The number of para-hydroxylation sites is 6. The van der Waals surface area contributed by atoms with E-state index >= 15 is 4.57 Å². The first-order chi connectivity index (χ1) is 32.1. The summed E-state index contributed by atoms with van der Waals surface area (Å²) in [6, 6.07) is 74.9. The molecule has 310 valence electrons. The second-order valence-electron chi connectivity index (χ2n) is 15.2. The van der Waals surface area contributed by atoms with Crippen molar-refractivity contribution in [2.24, 2.45) is 0 Å². The number of anilines is 6. The molecule has 0 bridgehead atoms. The van der Waals surface area contributed by atoms with Crippen molar-refractivity contribution < 1.29 is 4.57 Å². The number of fused-ring (bicyclic) bond motifs is 3. The first kappa shape index (κ1) is 39.3.